The van der Waals surface area contributed by atoms with Crippen LogP contribution in [0.3, 0.4) is 0 Å². The SMILES string of the molecule is COCC1(CNC(=O)c2cc(C)n(C3CC3)c2C)CCNCC1. The summed E-state index contributed by atoms with van der Waals surface area (Å²) >= 11 is 0. The Morgan fingerprint density at radius 1 is 1.39 bits per heavy atom. The van der Waals surface area contributed by atoms with Crippen molar-refractivity contribution in [1.29, 1.82) is 0 Å². The highest BCUT2D eigenvalue weighted by atomic mass is 16.5. The number of hydrogen-bond donors (Lipinski definition) is 2. The van der Waals surface area contributed by atoms with Crippen molar-refractivity contribution in [1.82, 2.24) is 15.2 Å². The van der Waals surface area contributed by atoms with Gasteiger partial charge < -0.3 is 19.9 Å². The standard InChI is InChI=1S/C18H29N3O2/c1-13-10-16(14(2)21(13)15-4-5-15)17(22)20-11-18(12-23-3)6-8-19-9-7-18/h10,15,19H,4-9,11-12H2,1-3H3,(H,20,22). The van der Waals surface area contributed by atoms with Gasteiger partial charge in [-0.15, -0.1) is 0 Å². The van der Waals surface area contributed by atoms with Crippen LogP contribution in [0.15, 0.2) is 6.07 Å². The second-order valence-electron chi connectivity index (χ2n) is 7.25. The number of aromatic nitrogens is 1. The fourth-order valence-electron chi connectivity index (χ4n) is 3.90. The summed E-state index contributed by atoms with van der Waals surface area (Å²) in [5.74, 6) is 0.0546. The highest BCUT2D eigenvalue weighted by Gasteiger charge is 2.33. The number of amides is 1. The van der Waals surface area contributed by atoms with Gasteiger partial charge in [0.25, 0.3) is 5.91 Å². The molecule has 1 aromatic rings. The Morgan fingerprint density at radius 3 is 2.70 bits per heavy atom. The molecule has 1 amide bonds. The molecule has 0 spiro atoms. The van der Waals surface area contributed by atoms with Gasteiger partial charge in [-0.25, -0.2) is 0 Å². The van der Waals surface area contributed by atoms with Gasteiger partial charge in [-0.2, -0.15) is 0 Å². The molecule has 1 saturated carbocycles. The van der Waals surface area contributed by atoms with Crippen LogP contribution in [0, 0.1) is 19.3 Å². The van der Waals surface area contributed by atoms with E-state index >= 15 is 0 Å². The second-order valence-corrected chi connectivity index (χ2v) is 7.25. The monoisotopic (exact) mass is 319 g/mol. The predicted molar refractivity (Wildman–Crippen MR) is 90.9 cm³/mol. The van der Waals surface area contributed by atoms with E-state index in [1.165, 1.54) is 18.5 Å². The number of rotatable bonds is 6. The lowest BCUT2D eigenvalue weighted by Crippen LogP contribution is -2.47. The quantitative estimate of drug-likeness (QED) is 0.845. The molecule has 0 aromatic carbocycles. The highest BCUT2D eigenvalue weighted by molar-refractivity contribution is 5.95. The normalized spacial score (nSPS) is 20.5. The molecule has 0 bridgehead atoms. The molecule has 1 aromatic heterocycles. The molecule has 5 nitrogen and oxygen atoms in total. The topological polar surface area (TPSA) is 55.3 Å². The average molecular weight is 319 g/mol. The van der Waals surface area contributed by atoms with Crippen molar-refractivity contribution in [3.05, 3.63) is 23.0 Å². The summed E-state index contributed by atoms with van der Waals surface area (Å²) in [6, 6.07) is 2.65. The summed E-state index contributed by atoms with van der Waals surface area (Å²) in [6.07, 6.45) is 4.56. The Balaban J connectivity index is 1.68. The van der Waals surface area contributed by atoms with E-state index in [2.05, 4.69) is 29.0 Å². The van der Waals surface area contributed by atoms with Crippen LogP contribution in [-0.4, -0.2) is 43.8 Å². The maximum Gasteiger partial charge on any atom is 0.253 e. The van der Waals surface area contributed by atoms with Crippen molar-refractivity contribution in [2.24, 2.45) is 5.41 Å². The van der Waals surface area contributed by atoms with Gasteiger partial charge in [-0.3, -0.25) is 4.79 Å². The van der Waals surface area contributed by atoms with Crippen molar-refractivity contribution in [3.8, 4) is 0 Å². The number of hydrogen-bond acceptors (Lipinski definition) is 3. The van der Waals surface area contributed by atoms with Crippen molar-refractivity contribution in [2.45, 2.75) is 45.6 Å². The van der Waals surface area contributed by atoms with Crippen LogP contribution in [0.4, 0.5) is 0 Å². The summed E-state index contributed by atoms with van der Waals surface area (Å²) in [6.45, 7) is 7.55. The van der Waals surface area contributed by atoms with Crippen LogP contribution in [0.5, 0.6) is 0 Å². The van der Waals surface area contributed by atoms with Crippen molar-refractivity contribution in [2.75, 3.05) is 33.4 Å². The zero-order valence-electron chi connectivity index (χ0n) is 14.6. The summed E-state index contributed by atoms with van der Waals surface area (Å²) in [5.41, 5.74) is 3.20. The third-order valence-electron chi connectivity index (χ3n) is 5.38. The van der Waals surface area contributed by atoms with Gasteiger partial charge in [-0.05, 0) is 58.7 Å². The highest BCUT2D eigenvalue weighted by Crippen LogP contribution is 2.38. The van der Waals surface area contributed by atoms with Crippen LogP contribution >= 0.6 is 0 Å². The van der Waals surface area contributed by atoms with Gasteiger partial charge in [0.05, 0.1) is 12.2 Å². The molecule has 1 saturated heterocycles. The molecule has 0 atom stereocenters. The maximum absolute atomic E-state index is 12.7. The molecule has 2 N–H and O–H groups in total. The van der Waals surface area contributed by atoms with E-state index in [0.717, 1.165) is 37.2 Å². The number of carbonyl (C=O) groups excluding carboxylic acids is 1. The van der Waals surface area contributed by atoms with E-state index in [9.17, 15) is 4.79 Å². The Labute approximate surface area is 138 Å². The van der Waals surface area contributed by atoms with E-state index in [1.807, 2.05) is 6.07 Å². The summed E-state index contributed by atoms with van der Waals surface area (Å²) in [7, 11) is 1.74. The number of nitrogens with one attached hydrogen (secondary N) is 2. The molecule has 2 heterocycles. The fourth-order valence-corrected chi connectivity index (χ4v) is 3.90. The first-order valence-corrected chi connectivity index (χ1v) is 8.73. The number of ether oxygens (including phenoxy) is 1. The minimum Gasteiger partial charge on any atom is -0.384 e. The number of carbonyl (C=O) groups is 1. The predicted octanol–water partition coefficient (Wildman–Crippen LogP) is 2.19. The fraction of sp³-hybridized carbons (Fsp3) is 0.722. The first kappa shape index (κ1) is 16.5. The lowest BCUT2D eigenvalue weighted by molar-refractivity contribution is 0.0511. The smallest absolute Gasteiger partial charge is 0.253 e. The van der Waals surface area contributed by atoms with E-state index in [1.54, 1.807) is 7.11 Å². The Morgan fingerprint density at radius 2 is 2.09 bits per heavy atom. The van der Waals surface area contributed by atoms with Crippen molar-refractivity contribution < 1.29 is 9.53 Å². The molecule has 2 fully saturated rings. The zero-order valence-corrected chi connectivity index (χ0v) is 14.6. The van der Waals surface area contributed by atoms with Crippen molar-refractivity contribution >= 4 is 5.91 Å². The third-order valence-corrected chi connectivity index (χ3v) is 5.38. The number of nitrogens with zero attached hydrogens (tertiary/aromatic N) is 1. The minimum atomic E-state index is 0.0546. The summed E-state index contributed by atoms with van der Waals surface area (Å²) in [4.78, 5) is 12.7. The lowest BCUT2D eigenvalue weighted by Gasteiger charge is -2.37. The van der Waals surface area contributed by atoms with Crippen LogP contribution < -0.4 is 10.6 Å². The third kappa shape index (κ3) is 3.45. The second kappa shape index (κ2) is 6.65. The molecule has 128 valence electrons. The number of methoxy groups -OCH3 is 1. The molecule has 0 radical (unpaired) electrons. The van der Waals surface area contributed by atoms with Crippen LogP contribution in [0.25, 0.3) is 0 Å². The van der Waals surface area contributed by atoms with Gasteiger partial charge in [0.15, 0.2) is 0 Å². The summed E-state index contributed by atoms with van der Waals surface area (Å²) in [5, 5.41) is 6.56. The zero-order chi connectivity index (χ0) is 16.4. The van der Waals surface area contributed by atoms with Crippen LogP contribution in [-0.2, 0) is 4.74 Å². The molecule has 1 aliphatic carbocycles. The largest absolute Gasteiger partial charge is 0.384 e. The maximum atomic E-state index is 12.7. The van der Waals surface area contributed by atoms with E-state index < -0.39 is 0 Å². The lowest BCUT2D eigenvalue weighted by atomic mass is 9.79. The van der Waals surface area contributed by atoms with Crippen LogP contribution in [0.1, 0.15) is 53.5 Å². The van der Waals surface area contributed by atoms with E-state index in [0.29, 0.717) is 19.2 Å². The van der Waals surface area contributed by atoms with Crippen LogP contribution in [0.2, 0.25) is 0 Å². The molecule has 5 heteroatoms. The van der Waals surface area contributed by atoms with Gasteiger partial charge >= 0.3 is 0 Å². The van der Waals surface area contributed by atoms with Gasteiger partial charge in [0.1, 0.15) is 0 Å². The minimum absolute atomic E-state index is 0.0546. The molecule has 2 aliphatic rings. The first-order chi connectivity index (χ1) is 11.1. The van der Waals surface area contributed by atoms with E-state index in [-0.39, 0.29) is 11.3 Å². The Kier molecular flexibility index (Phi) is 4.78. The molecule has 23 heavy (non-hydrogen) atoms. The summed E-state index contributed by atoms with van der Waals surface area (Å²) < 4.78 is 7.75. The van der Waals surface area contributed by atoms with E-state index in [4.69, 9.17) is 4.74 Å². The molecule has 0 unspecified atom stereocenters. The van der Waals surface area contributed by atoms with Gasteiger partial charge in [0, 0.05) is 36.5 Å². The molecular weight excluding hydrogens is 290 g/mol. The van der Waals surface area contributed by atoms with Crippen molar-refractivity contribution in [3.63, 3.8) is 0 Å². The van der Waals surface area contributed by atoms with Gasteiger partial charge in [0.2, 0.25) is 0 Å². The molecule has 1 aliphatic heterocycles. The number of piperidine rings is 1. The average Bonchev–Trinajstić information content (AvgIpc) is 3.32. The Hall–Kier alpha value is -1.33. The first-order valence-electron chi connectivity index (χ1n) is 8.73. The molecular formula is C18H29N3O2. The Bertz CT molecular complexity index is 564. The van der Waals surface area contributed by atoms with Gasteiger partial charge in [-0.1, -0.05) is 0 Å². The number of aryl methyl sites for hydroxylation is 1. The molecule has 3 rings (SSSR count).